The number of anilines is 1. The maximum Gasteiger partial charge on any atom is 0.258 e. The second kappa shape index (κ2) is 9.45. The number of methoxy groups -OCH3 is 1. The van der Waals surface area contributed by atoms with Crippen molar-refractivity contribution in [3.63, 3.8) is 0 Å². The molecule has 1 N–H and O–H groups in total. The van der Waals surface area contributed by atoms with E-state index < -0.39 is 10.0 Å². The highest BCUT2D eigenvalue weighted by Gasteiger charge is 2.16. The van der Waals surface area contributed by atoms with Crippen LogP contribution in [0.3, 0.4) is 0 Å². The predicted octanol–water partition coefficient (Wildman–Crippen LogP) is 2.74. The van der Waals surface area contributed by atoms with Crippen LogP contribution >= 0.6 is 0 Å². The summed E-state index contributed by atoms with van der Waals surface area (Å²) in [5.74, 6) is 0.917. The lowest BCUT2D eigenvalue weighted by Crippen LogP contribution is -2.31. The Kier molecular flexibility index (Phi) is 7.28. The quantitative estimate of drug-likeness (QED) is 0.692. The fraction of sp³-hybridized carbons (Fsp3) is 0.350. The third-order valence-electron chi connectivity index (χ3n) is 4.17. The first kappa shape index (κ1) is 21.6. The van der Waals surface area contributed by atoms with E-state index in [4.69, 9.17) is 9.47 Å². The molecule has 0 fully saturated rings. The van der Waals surface area contributed by atoms with Gasteiger partial charge in [0.1, 0.15) is 11.5 Å². The summed E-state index contributed by atoms with van der Waals surface area (Å²) < 4.78 is 35.6. The van der Waals surface area contributed by atoms with Crippen LogP contribution in [0, 0.1) is 0 Å². The van der Waals surface area contributed by atoms with Gasteiger partial charge in [-0.15, -0.1) is 0 Å². The zero-order valence-corrected chi connectivity index (χ0v) is 17.3. The van der Waals surface area contributed by atoms with Gasteiger partial charge in [0.15, 0.2) is 6.61 Å². The Morgan fingerprint density at radius 3 is 2.36 bits per heavy atom. The van der Waals surface area contributed by atoms with Crippen molar-refractivity contribution in [2.75, 3.05) is 30.8 Å². The van der Waals surface area contributed by atoms with Crippen LogP contribution in [0.1, 0.15) is 25.5 Å². The molecule has 0 aliphatic heterocycles. The number of hydrogen-bond donors (Lipinski definition) is 1. The first-order chi connectivity index (χ1) is 13.3. The lowest BCUT2D eigenvalue weighted by molar-refractivity contribution is -0.123. The highest BCUT2D eigenvalue weighted by molar-refractivity contribution is 7.92. The fourth-order valence-electron chi connectivity index (χ4n) is 2.85. The van der Waals surface area contributed by atoms with Gasteiger partial charge in [-0.25, -0.2) is 8.42 Å². The normalized spacial score (nSPS) is 12.1. The minimum atomic E-state index is -3.33. The first-order valence-electron chi connectivity index (χ1n) is 8.89. The van der Waals surface area contributed by atoms with Gasteiger partial charge in [0, 0.05) is 12.1 Å². The van der Waals surface area contributed by atoms with Crippen LogP contribution in [0.5, 0.6) is 11.5 Å². The smallest absolute Gasteiger partial charge is 0.258 e. The van der Waals surface area contributed by atoms with Gasteiger partial charge in [0.05, 0.1) is 25.1 Å². The Bertz CT molecular complexity index is 897. The molecule has 0 unspecified atom stereocenters. The van der Waals surface area contributed by atoms with Crippen LogP contribution in [-0.2, 0) is 14.8 Å². The van der Waals surface area contributed by atoms with Crippen molar-refractivity contribution in [1.82, 2.24) is 5.32 Å². The molecule has 28 heavy (non-hydrogen) atoms. The van der Waals surface area contributed by atoms with Gasteiger partial charge in [-0.1, -0.05) is 18.2 Å². The van der Waals surface area contributed by atoms with Crippen LogP contribution in [0.15, 0.2) is 48.5 Å². The number of carbonyl (C=O) groups excluding carboxylic acids is 1. The number of ether oxygens (including phenoxy) is 2. The molecule has 0 aromatic heterocycles. The van der Waals surface area contributed by atoms with E-state index in [-0.39, 0.29) is 18.6 Å². The first-order valence-corrected chi connectivity index (χ1v) is 10.7. The number of rotatable bonds is 9. The van der Waals surface area contributed by atoms with Gasteiger partial charge < -0.3 is 14.8 Å². The van der Waals surface area contributed by atoms with Crippen molar-refractivity contribution in [1.29, 1.82) is 0 Å². The third-order valence-corrected chi connectivity index (χ3v) is 5.43. The molecule has 2 rings (SSSR count). The van der Waals surface area contributed by atoms with Crippen molar-refractivity contribution >= 4 is 21.6 Å². The van der Waals surface area contributed by atoms with Crippen molar-refractivity contribution in [3.8, 4) is 11.5 Å². The fourth-order valence-corrected chi connectivity index (χ4v) is 3.82. The van der Waals surface area contributed by atoms with Crippen LogP contribution in [0.4, 0.5) is 5.69 Å². The molecule has 152 valence electrons. The zero-order valence-electron chi connectivity index (χ0n) is 16.5. The molecule has 0 radical (unpaired) electrons. The second-order valence-corrected chi connectivity index (χ2v) is 8.15. The number of hydrogen-bond acceptors (Lipinski definition) is 5. The standard InChI is InChI=1S/C20H26N2O5S/c1-5-22(28(4,24)25)16-10-12-17(13-11-16)27-14-20(23)21-15(2)18-8-6-7-9-19(18)26-3/h6-13,15H,5,14H2,1-4H3,(H,21,23)/t15-/m1/s1. The Hall–Kier alpha value is -2.74. The molecule has 0 saturated heterocycles. The molecule has 7 nitrogen and oxygen atoms in total. The number of sulfonamides is 1. The minimum Gasteiger partial charge on any atom is -0.496 e. The molecule has 2 aromatic carbocycles. The molecule has 0 aliphatic rings. The molecule has 0 heterocycles. The molecular formula is C20H26N2O5S. The van der Waals surface area contributed by atoms with Crippen molar-refractivity contribution in [2.45, 2.75) is 19.9 Å². The van der Waals surface area contributed by atoms with E-state index in [2.05, 4.69) is 5.32 Å². The van der Waals surface area contributed by atoms with Crippen molar-refractivity contribution < 1.29 is 22.7 Å². The SMILES string of the molecule is CCN(c1ccc(OCC(=O)N[C@H](C)c2ccccc2OC)cc1)S(C)(=O)=O. The summed E-state index contributed by atoms with van der Waals surface area (Å²) in [6.07, 6.45) is 1.16. The van der Waals surface area contributed by atoms with Gasteiger partial charge in [-0.2, -0.15) is 0 Å². The summed E-state index contributed by atoms with van der Waals surface area (Å²) in [5, 5.41) is 2.87. The average Bonchev–Trinajstić information content (AvgIpc) is 2.66. The maximum atomic E-state index is 12.2. The van der Waals surface area contributed by atoms with E-state index in [9.17, 15) is 13.2 Å². The van der Waals surface area contributed by atoms with Crippen LogP contribution in [0.2, 0.25) is 0 Å². The van der Waals surface area contributed by atoms with E-state index in [1.165, 1.54) is 4.31 Å². The van der Waals surface area contributed by atoms with E-state index in [1.54, 1.807) is 38.3 Å². The summed E-state index contributed by atoms with van der Waals surface area (Å²) in [4.78, 5) is 12.2. The third kappa shape index (κ3) is 5.63. The molecular weight excluding hydrogens is 380 g/mol. The van der Waals surface area contributed by atoms with Gasteiger partial charge in [-0.3, -0.25) is 9.10 Å². The topological polar surface area (TPSA) is 84.9 Å². The number of amides is 1. The summed E-state index contributed by atoms with van der Waals surface area (Å²) in [6.45, 7) is 3.82. The number of nitrogens with one attached hydrogen (secondary N) is 1. The monoisotopic (exact) mass is 406 g/mol. The van der Waals surface area contributed by atoms with Gasteiger partial charge >= 0.3 is 0 Å². The van der Waals surface area contributed by atoms with Crippen LogP contribution < -0.4 is 19.1 Å². The van der Waals surface area contributed by atoms with Crippen LogP contribution in [0.25, 0.3) is 0 Å². The molecule has 0 bridgehead atoms. The predicted molar refractivity (Wildman–Crippen MR) is 109 cm³/mol. The summed E-state index contributed by atoms with van der Waals surface area (Å²) >= 11 is 0. The van der Waals surface area contributed by atoms with Gasteiger partial charge in [-0.05, 0) is 44.2 Å². The van der Waals surface area contributed by atoms with E-state index >= 15 is 0 Å². The lowest BCUT2D eigenvalue weighted by Gasteiger charge is -2.20. The average molecular weight is 407 g/mol. The lowest BCUT2D eigenvalue weighted by atomic mass is 10.1. The maximum absolute atomic E-state index is 12.2. The highest BCUT2D eigenvalue weighted by atomic mass is 32.2. The summed E-state index contributed by atoms with van der Waals surface area (Å²) in [6, 6.07) is 13.8. The molecule has 0 saturated carbocycles. The van der Waals surface area contributed by atoms with Gasteiger partial charge in [0.25, 0.3) is 5.91 Å². The highest BCUT2D eigenvalue weighted by Crippen LogP contribution is 2.24. The number of carbonyl (C=O) groups is 1. The van der Waals surface area contributed by atoms with E-state index in [1.807, 2.05) is 31.2 Å². The van der Waals surface area contributed by atoms with Crippen LogP contribution in [-0.4, -0.2) is 40.8 Å². The Labute approximate surface area is 166 Å². The number of nitrogens with zero attached hydrogens (tertiary/aromatic N) is 1. The van der Waals surface area contributed by atoms with E-state index in [0.717, 1.165) is 11.8 Å². The summed E-state index contributed by atoms with van der Waals surface area (Å²) in [5.41, 5.74) is 1.43. The Morgan fingerprint density at radius 1 is 1.14 bits per heavy atom. The molecule has 0 aliphatic carbocycles. The molecule has 1 amide bonds. The molecule has 8 heteroatoms. The number of benzene rings is 2. The molecule has 1 atom stereocenters. The Morgan fingerprint density at radius 2 is 1.79 bits per heavy atom. The minimum absolute atomic E-state index is 0.150. The number of para-hydroxylation sites is 1. The molecule has 0 spiro atoms. The largest absolute Gasteiger partial charge is 0.496 e. The van der Waals surface area contributed by atoms with E-state index in [0.29, 0.717) is 23.7 Å². The van der Waals surface area contributed by atoms with Crippen molar-refractivity contribution in [3.05, 3.63) is 54.1 Å². The molecule has 2 aromatic rings. The van der Waals surface area contributed by atoms with Crippen molar-refractivity contribution in [2.24, 2.45) is 0 Å². The van der Waals surface area contributed by atoms with Gasteiger partial charge in [0.2, 0.25) is 10.0 Å². The second-order valence-electron chi connectivity index (χ2n) is 6.24. The summed E-state index contributed by atoms with van der Waals surface area (Å²) in [7, 11) is -1.75. The zero-order chi connectivity index (χ0) is 20.7. The Balaban J connectivity index is 1.94.